The Morgan fingerprint density at radius 3 is 2.90 bits per heavy atom. The molecule has 2 aromatic rings. The van der Waals surface area contributed by atoms with Gasteiger partial charge in [-0.2, -0.15) is 5.26 Å². The molecule has 0 spiro atoms. The summed E-state index contributed by atoms with van der Waals surface area (Å²) in [6, 6.07) is 8.90. The van der Waals surface area contributed by atoms with Crippen molar-refractivity contribution in [1.29, 1.82) is 5.26 Å². The molecule has 0 bridgehead atoms. The van der Waals surface area contributed by atoms with Crippen LogP contribution in [0.3, 0.4) is 0 Å². The number of esters is 1. The van der Waals surface area contributed by atoms with Crippen LogP contribution in [0.5, 0.6) is 0 Å². The fourth-order valence-corrected chi connectivity index (χ4v) is 1.98. The van der Waals surface area contributed by atoms with E-state index in [1.54, 1.807) is 31.3 Å². The van der Waals surface area contributed by atoms with Crippen molar-refractivity contribution in [2.45, 2.75) is 25.9 Å². The zero-order valence-electron chi connectivity index (χ0n) is 11.9. The van der Waals surface area contributed by atoms with Crippen LogP contribution in [0.2, 0.25) is 0 Å². The lowest BCUT2D eigenvalue weighted by molar-refractivity contribution is -0.145. The van der Waals surface area contributed by atoms with Gasteiger partial charge in [-0.05, 0) is 19.1 Å². The number of rotatable bonds is 4. The van der Waals surface area contributed by atoms with E-state index in [0.717, 1.165) is 0 Å². The third kappa shape index (κ3) is 3.26. The second-order valence-corrected chi connectivity index (χ2v) is 4.67. The van der Waals surface area contributed by atoms with Gasteiger partial charge in [0.2, 0.25) is 0 Å². The van der Waals surface area contributed by atoms with Crippen LogP contribution >= 0.6 is 0 Å². The van der Waals surface area contributed by atoms with Crippen LogP contribution in [0, 0.1) is 11.3 Å². The first-order valence-corrected chi connectivity index (χ1v) is 6.56. The zero-order valence-corrected chi connectivity index (χ0v) is 11.9. The number of fused-ring (bicyclic) bond motifs is 1. The van der Waals surface area contributed by atoms with E-state index in [2.05, 4.69) is 4.98 Å². The molecule has 0 N–H and O–H groups in total. The lowest BCUT2D eigenvalue weighted by atomic mass is 10.2. The molecular weight excluding hydrogens is 270 g/mol. The Balaban J connectivity index is 2.20. The average molecular weight is 285 g/mol. The number of benzene rings is 1. The van der Waals surface area contributed by atoms with Crippen LogP contribution in [0.25, 0.3) is 10.9 Å². The predicted molar refractivity (Wildman–Crippen MR) is 76.5 cm³/mol. The van der Waals surface area contributed by atoms with E-state index < -0.39 is 12.1 Å². The topological polar surface area (TPSA) is 85.0 Å². The Hall–Kier alpha value is -2.68. The number of carbonyl (C=O) groups excluding carboxylic acids is 1. The van der Waals surface area contributed by atoms with E-state index in [1.165, 1.54) is 11.5 Å². The predicted octanol–water partition coefficient (Wildman–Crippen LogP) is 1.32. The van der Waals surface area contributed by atoms with Crippen LogP contribution in [0.1, 0.15) is 19.2 Å². The molecule has 0 saturated heterocycles. The van der Waals surface area contributed by atoms with Crippen molar-refractivity contribution < 1.29 is 9.53 Å². The molecule has 0 radical (unpaired) electrons. The average Bonchev–Trinajstić information content (AvgIpc) is 2.49. The van der Waals surface area contributed by atoms with Crippen molar-refractivity contribution in [3.63, 3.8) is 0 Å². The van der Waals surface area contributed by atoms with Gasteiger partial charge in [-0.3, -0.25) is 14.2 Å². The minimum Gasteiger partial charge on any atom is -0.447 e. The van der Waals surface area contributed by atoms with Gasteiger partial charge in [0.15, 0.2) is 6.10 Å². The standard InChI is InChI=1S/C15H15N3O3/c1-10(9-16)21-14(19)8-7-13-17-12-6-4-3-5-11(12)15(20)18(13)2/h3-6,10H,7-8H2,1-2H3/t10-/m0/s1. The molecule has 21 heavy (non-hydrogen) atoms. The molecule has 6 heteroatoms. The van der Waals surface area contributed by atoms with Crippen molar-refractivity contribution in [2.24, 2.45) is 7.05 Å². The summed E-state index contributed by atoms with van der Waals surface area (Å²) in [6.45, 7) is 1.50. The van der Waals surface area contributed by atoms with Crippen molar-refractivity contribution in [1.82, 2.24) is 9.55 Å². The van der Waals surface area contributed by atoms with Gasteiger partial charge in [-0.1, -0.05) is 12.1 Å². The van der Waals surface area contributed by atoms with Crippen molar-refractivity contribution in [2.75, 3.05) is 0 Å². The molecular formula is C15H15N3O3. The molecule has 0 saturated carbocycles. The monoisotopic (exact) mass is 285 g/mol. The van der Waals surface area contributed by atoms with Gasteiger partial charge in [0.1, 0.15) is 11.9 Å². The largest absolute Gasteiger partial charge is 0.447 e. The maximum atomic E-state index is 12.2. The fraction of sp³-hybridized carbons (Fsp3) is 0.333. The Kier molecular flexibility index (Phi) is 4.33. The van der Waals surface area contributed by atoms with Gasteiger partial charge >= 0.3 is 5.97 Å². The normalized spacial score (nSPS) is 11.9. The van der Waals surface area contributed by atoms with E-state index in [4.69, 9.17) is 10.00 Å². The Morgan fingerprint density at radius 2 is 2.19 bits per heavy atom. The number of aromatic nitrogens is 2. The quantitative estimate of drug-likeness (QED) is 0.791. The number of carbonyl (C=O) groups is 1. The molecule has 0 amide bonds. The maximum absolute atomic E-state index is 12.2. The summed E-state index contributed by atoms with van der Waals surface area (Å²) in [6.07, 6.45) is -0.413. The molecule has 0 fully saturated rings. The first-order chi connectivity index (χ1) is 10.0. The van der Waals surface area contributed by atoms with Gasteiger partial charge < -0.3 is 4.74 Å². The Bertz CT molecular complexity index is 774. The SMILES string of the molecule is C[C@@H](C#N)OC(=O)CCc1nc2ccccc2c(=O)n1C. The number of aryl methyl sites for hydroxylation is 1. The molecule has 0 unspecified atom stereocenters. The van der Waals surface area contributed by atoms with Gasteiger partial charge in [0.05, 0.1) is 17.3 Å². The summed E-state index contributed by atoms with van der Waals surface area (Å²) in [5, 5.41) is 9.13. The maximum Gasteiger partial charge on any atom is 0.307 e. The Labute approximate surface area is 121 Å². The van der Waals surface area contributed by atoms with Gasteiger partial charge in [-0.25, -0.2) is 4.98 Å². The van der Waals surface area contributed by atoms with E-state index in [-0.39, 0.29) is 18.4 Å². The molecule has 1 atom stereocenters. The second kappa shape index (κ2) is 6.18. The summed E-state index contributed by atoms with van der Waals surface area (Å²) in [4.78, 5) is 28.1. The molecule has 1 aromatic heterocycles. The third-order valence-electron chi connectivity index (χ3n) is 3.12. The molecule has 6 nitrogen and oxygen atoms in total. The highest BCUT2D eigenvalue weighted by Crippen LogP contribution is 2.08. The molecule has 0 aliphatic heterocycles. The molecule has 108 valence electrons. The lowest BCUT2D eigenvalue weighted by Crippen LogP contribution is -2.23. The third-order valence-corrected chi connectivity index (χ3v) is 3.12. The molecule has 2 rings (SSSR count). The highest BCUT2D eigenvalue weighted by Gasteiger charge is 2.12. The zero-order chi connectivity index (χ0) is 15.4. The smallest absolute Gasteiger partial charge is 0.307 e. The van der Waals surface area contributed by atoms with Crippen molar-refractivity contribution in [3.05, 3.63) is 40.4 Å². The number of hydrogen-bond donors (Lipinski definition) is 0. The summed E-state index contributed by atoms with van der Waals surface area (Å²) >= 11 is 0. The molecule has 1 heterocycles. The second-order valence-electron chi connectivity index (χ2n) is 4.67. The highest BCUT2D eigenvalue weighted by atomic mass is 16.5. The molecule has 0 aliphatic carbocycles. The minimum absolute atomic E-state index is 0.0740. The number of ether oxygens (including phenoxy) is 1. The van der Waals surface area contributed by atoms with Crippen molar-refractivity contribution in [3.8, 4) is 6.07 Å². The summed E-state index contributed by atoms with van der Waals surface area (Å²) in [7, 11) is 1.63. The Morgan fingerprint density at radius 1 is 1.48 bits per heavy atom. The number of nitrogens with zero attached hydrogens (tertiary/aromatic N) is 3. The number of para-hydroxylation sites is 1. The first kappa shape index (κ1) is 14.7. The van der Waals surface area contributed by atoms with Gasteiger partial charge in [0.25, 0.3) is 5.56 Å². The lowest BCUT2D eigenvalue weighted by Gasteiger charge is -2.09. The minimum atomic E-state index is -0.772. The highest BCUT2D eigenvalue weighted by molar-refractivity contribution is 5.77. The van der Waals surface area contributed by atoms with Crippen LogP contribution in [0.4, 0.5) is 0 Å². The van der Waals surface area contributed by atoms with Gasteiger partial charge in [0, 0.05) is 13.5 Å². The number of hydrogen-bond acceptors (Lipinski definition) is 5. The molecule has 0 aliphatic rings. The molecule has 1 aromatic carbocycles. The van der Waals surface area contributed by atoms with Gasteiger partial charge in [-0.15, -0.1) is 0 Å². The van der Waals surface area contributed by atoms with E-state index in [9.17, 15) is 9.59 Å². The van der Waals surface area contributed by atoms with Crippen molar-refractivity contribution >= 4 is 16.9 Å². The van der Waals surface area contributed by atoms with Crippen LogP contribution < -0.4 is 5.56 Å². The van der Waals surface area contributed by atoms with E-state index in [1.807, 2.05) is 6.07 Å². The number of nitriles is 1. The first-order valence-electron chi connectivity index (χ1n) is 6.56. The summed E-state index contributed by atoms with van der Waals surface area (Å²) < 4.78 is 6.30. The van der Waals surface area contributed by atoms with Crippen LogP contribution in [-0.4, -0.2) is 21.6 Å². The summed E-state index contributed by atoms with van der Waals surface area (Å²) in [5.74, 6) is 0.0340. The van der Waals surface area contributed by atoms with Crippen LogP contribution in [0.15, 0.2) is 29.1 Å². The van der Waals surface area contributed by atoms with Crippen LogP contribution in [-0.2, 0) is 23.0 Å². The van der Waals surface area contributed by atoms with E-state index in [0.29, 0.717) is 16.7 Å². The summed E-state index contributed by atoms with van der Waals surface area (Å²) in [5.41, 5.74) is 0.462. The fourth-order valence-electron chi connectivity index (χ4n) is 1.98. The van der Waals surface area contributed by atoms with E-state index >= 15 is 0 Å².